The van der Waals surface area contributed by atoms with Crippen LogP contribution in [0.15, 0.2) is 42.0 Å². The zero-order chi connectivity index (χ0) is 25.1. The van der Waals surface area contributed by atoms with E-state index in [-0.39, 0.29) is 17.9 Å². The molecule has 1 fully saturated rings. The molecular formula is C27H29N3O5. The quantitative estimate of drug-likeness (QED) is 0.516. The van der Waals surface area contributed by atoms with Crippen molar-refractivity contribution in [1.29, 1.82) is 0 Å². The van der Waals surface area contributed by atoms with Crippen LogP contribution < -0.4 is 24.6 Å². The van der Waals surface area contributed by atoms with Crippen molar-refractivity contribution in [2.24, 2.45) is 0 Å². The molecule has 3 aliphatic rings. The lowest BCUT2D eigenvalue weighted by atomic mass is 9.78. The van der Waals surface area contributed by atoms with Gasteiger partial charge in [-0.25, -0.2) is 9.69 Å². The minimum atomic E-state index is -0.801. The van der Waals surface area contributed by atoms with Crippen LogP contribution in [0.4, 0.5) is 16.2 Å². The highest BCUT2D eigenvalue weighted by molar-refractivity contribution is 6.39. The average molecular weight is 476 g/mol. The van der Waals surface area contributed by atoms with Gasteiger partial charge in [0, 0.05) is 23.3 Å². The number of hydrogen-bond acceptors (Lipinski definition) is 6. The van der Waals surface area contributed by atoms with Crippen molar-refractivity contribution in [2.45, 2.75) is 58.5 Å². The van der Waals surface area contributed by atoms with E-state index in [2.05, 4.69) is 50.9 Å². The summed E-state index contributed by atoms with van der Waals surface area (Å²) in [5.41, 5.74) is 3.29. The molecule has 1 saturated heterocycles. The molecule has 2 aromatic carbocycles. The zero-order valence-corrected chi connectivity index (χ0v) is 20.5. The highest BCUT2D eigenvalue weighted by Crippen LogP contribution is 2.45. The molecule has 0 aliphatic carbocycles. The Kier molecular flexibility index (Phi) is 5.34. The minimum Gasteiger partial charge on any atom is -0.454 e. The fourth-order valence-electron chi connectivity index (χ4n) is 5.62. The first-order valence-corrected chi connectivity index (χ1v) is 11.8. The molecule has 0 unspecified atom stereocenters. The molecule has 182 valence electrons. The number of rotatable bonds is 3. The lowest BCUT2D eigenvalue weighted by molar-refractivity contribution is -0.122. The van der Waals surface area contributed by atoms with E-state index in [1.165, 1.54) is 11.3 Å². The second-order valence-electron chi connectivity index (χ2n) is 10.2. The molecule has 0 aromatic heterocycles. The Morgan fingerprint density at radius 2 is 1.80 bits per heavy atom. The van der Waals surface area contributed by atoms with Gasteiger partial charge in [-0.1, -0.05) is 13.0 Å². The van der Waals surface area contributed by atoms with E-state index in [0.717, 1.165) is 16.9 Å². The van der Waals surface area contributed by atoms with Gasteiger partial charge in [-0.15, -0.1) is 0 Å². The number of imide groups is 2. The number of nitrogens with zero attached hydrogens (tertiary/aromatic N) is 2. The lowest BCUT2D eigenvalue weighted by Crippen LogP contribution is -2.54. The van der Waals surface area contributed by atoms with Gasteiger partial charge in [0.15, 0.2) is 11.5 Å². The van der Waals surface area contributed by atoms with Crippen LogP contribution in [0.25, 0.3) is 6.08 Å². The van der Waals surface area contributed by atoms with Gasteiger partial charge in [-0.2, -0.15) is 0 Å². The first kappa shape index (κ1) is 23.0. The molecule has 0 radical (unpaired) electrons. The number of urea groups is 1. The standard InChI is InChI=1S/C27H29N3O5/c1-15(2)30-21-8-6-17(10-19(21)16(3)13-27(30,4)5)11-20-24(31)28-26(33)29(25(20)32)18-7-9-22-23(12-18)35-14-34-22/h6-12,15-16H,13-14H2,1-5H3,(H,28,31,33)/b20-11+/t16-/m0/s1. The third kappa shape index (κ3) is 3.83. The van der Waals surface area contributed by atoms with Crippen LogP contribution in [0.5, 0.6) is 11.5 Å². The molecule has 0 saturated carbocycles. The van der Waals surface area contributed by atoms with Crippen molar-refractivity contribution in [2.75, 3.05) is 16.6 Å². The average Bonchev–Trinajstić information content (AvgIpc) is 3.24. The summed E-state index contributed by atoms with van der Waals surface area (Å²) in [6.07, 6.45) is 2.54. The number of carbonyl (C=O) groups is 3. The number of hydrogen-bond donors (Lipinski definition) is 1. The van der Waals surface area contributed by atoms with Gasteiger partial charge < -0.3 is 14.4 Å². The molecule has 3 heterocycles. The summed E-state index contributed by atoms with van der Waals surface area (Å²) < 4.78 is 10.7. The minimum absolute atomic E-state index is 0.0191. The molecule has 5 rings (SSSR count). The van der Waals surface area contributed by atoms with E-state index in [0.29, 0.717) is 29.1 Å². The van der Waals surface area contributed by atoms with E-state index < -0.39 is 17.8 Å². The van der Waals surface area contributed by atoms with Gasteiger partial charge in [-0.3, -0.25) is 14.9 Å². The highest BCUT2D eigenvalue weighted by Gasteiger charge is 2.39. The van der Waals surface area contributed by atoms with E-state index in [1.54, 1.807) is 24.3 Å². The largest absolute Gasteiger partial charge is 0.454 e. The van der Waals surface area contributed by atoms with Crippen molar-refractivity contribution < 1.29 is 23.9 Å². The number of nitrogens with one attached hydrogen (secondary N) is 1. The smallest absolute Gasteiger partial charge is 0.335 e. The number of barbiturate groups is 1. The predicted octanol–water partition coefficient (Wildman–Crippen LogP) is 4.58. The monoisotopic (exact) mass is 475 g/mol. The van der Waals surface area contributed by atoms with Gasteiger partial charge in [0.1, 0.15) is 5.57 Å². The molecule has 4 amide bonds. The Morgan fingerprint density at radius 3 is 2.54 bits per heavy atom. The highest BCUT2D eigenvalue weighted by atomic mass is 16.7. The van der Waals surface area contributed by atoms with Crippen LogP contribution >= 0.6 is 0 Å². The summed E-state index contributed by atoms with van der Waals surface area (Å²) in [5, 5.41) is 2.28. The maximum atomic E-state index is 13.3. The number of amides is 4. The van der Waals surface area contributed by atoms with Gasteiger partial charge >= 0.3 is 6.03 Å². The molecule has 1 atom stereocenters. The van der Waals surface area contributed by atoms with Crippen molar-refractivity contribution in [3.05, 3.63) is 53.1 Å². The molecule has 8 nitrogen and oxygen atoms in total. The summed E-state index contributed by atoms with van der Waals surface area (Å²) in [6.45, 7) is 11.2. The Hall–Kier alpha value is -3.81. The van der Waals surface area contributed by atoms with Crippen molar-refractivity contribution in [3.63, 3.8) is 0 Å². The van der Waals surface area contributed by atoms with E-state index in [4.69, 9.17) is 9.47 Å². The summed E-state index contributed by atoms with van der Waals surface area (Å²) in [7, 11) is 0. The van der Waals surface area contributed by atoms with Gasteiger partial charge in [0.05, 0.1) is 5.69 Å². The first-order chi connectivity index (χ1) is 16.6. The Morgan fingerprint density at radius 1 is 1.06 bits per heavy atom. The summed E-state index contributed by atoms with van der Waals surface area (Å²) in [5.74, 6) is -0.115. The van der Waals surface area contributed by atoms with Gasteiger partial charge in [0.2, 0.25) is 6.79 Å². The normalized spacial score (nSPS) is 22.1. The summed E-state index contributed by atoms with van der Waals surface area (Å²) in [4.78, 5) is 41.9. The second kappa shape index (κ2) is 8.15. The molecule has 0 spiro atoms. The van der Waals surface area contributed by atoms with Crippen molar-refractivity contribution in [1.82, 2.24) is 5.32 Å². The Bertz CT molecular complexity index is 1280. The summed E-state index contributed by atoms with van der Waals surface area (Å²) >= 11 is 0. The van der Waals surface area contributed by atoms with Crippen LogP contribution in [0.1, 0.15) is 58.1 Å². The van der Waals surface area contributed by atoms with E-state index in [9.17, 15) is 14.4 Å². The maximum absolute atomic E-state index is 13.3. The Labute approximate surface area is 204 Å². The number of carbonyl (C=O) groups excluding carboxylic acids is 3. The van der Waals surface area contributed by atoms with Crippen LogP contribution in [0.2, 0.25) is 0 Å². The van der Waals surface area contributed by atoms with Crippen molar-refractivity contribution >= 4 is 35.3 Å². The Balaban J connectivity index is 1.51. The molecule has 1 N–H and O–H groups in total. The van der Waals surface area contributed by atoms with E-state index in [1.807, 2.05) is 12.1 Å². The number of fused-ring (bicyclic) bond motifs is 2. The zero-order valence-electron chi connectivity index (χ0n) is 20.5. The SMILES string of the molecule is CC(C)N1c2ccc(/C=C3\C(=O)NC(=O)N(c4ccc5c(c4)OCO5)C3=O)cc2[C@@H](C)CC1(C)C. The van der Waals surface area contributed by atoms with Gasteiger partial charge in [-0.05, 0) is 81.5 Å². The third-order valence-corrected chi connectivity index (χ3v) is 6.84. The molecule has 2 aromatic rings. The molecular weight excluding hydrogens is 446 g/mol. The van der Waals surface area contributed by atoms with Crippen LogP contribution in [0.3, 0.4) is 0 Å². The van der Waals surface area contributed by atoms with Gasteiger partial charge in [0.25, 0.3) is 11.8 Å². The number of benzene rings is 2. The fourth-order valence-corrected chi connectivity index (χ4v) is 5.62. The molecule has 8 heteroatoms. The molecule has 35 heavy (non-hydrogen) atoms. The maximum Gasteiger partial charge on any atom is 0.335 e. The van der Waals surface area contributed by atoms with E-state index >= 15 is 0 Å². The van der Waals surface area contributed by atoms with Crippen LogP contribution in [0, 0.1) is 0 Å². The summed E-state index contributed by atoms with van der Waals surface area (Å²) in [6, 6.07) is 10.3. The second-order valence-corrected chi connectivity index (χ2v) is 10.2. The third-order valence-electron chi connectivity index (χ3n) is 6.84. The number of anilines is 2. The number of ether oxygens (including phenoxy) is 2. The topological polar surface area (TPSA) is 88.2 Å². The van der Waals surface area contributed by atoms with Crippen LogP contribution in [-0.4, -0.2) is 36.2 Å². The molecule has 0 bridgehead atoms. The first-order valence-electron chi connectivity index (χ1n) is 11.8. The fraction of sp³-hybridized carbons (Fsp3) is 0.370. The van der Waals surface area contributed by atoms with Crippen molar-refractivity contribution in [3.8, 4) is 11.5 Å². The van der Waals surface area contributed by atoms with Crippen LogP contribution in [-0.2, 0) is 9.59 Å². The molecule has 3 aliphatic heterocycles. The predicted molar refractivity (Wildman–Crippen MR) is 133 cm³/mol. The lowest BCUT2D eigenvalue weighted by Gasteiger charge is -2.50.